The van der Waals surface area contributed by atoms with Crippen molar-refractivity contribution in [1.82, 2.24) is 9.88 Å². The number of fused-ring (bicyclic) bond motifs is 1. The molecule has 1 N–H and O–H groups in total. The predicted octanol–water partition coefficient (Wildman–Crippen LogP) is 4.82. The number of hydrogen-bond acceptors (Lipinski definition) is 6. The van der Waals surface area contributed by atoms with Gasteiger partial charge in [0.05, 0.1) is 25.2 Å². The van der Waals surface area contributed by atoms with Crippen LogP contribution in [0, 0.1) is 5.92 Å². The lowest BCUT2D eigenvalue weighted by atomic mass is 9.94. The summed E-state index contributed by atoms with van der Waals surface area (Å²) in [6, 6.07) is 19.1. The molecular formula is C30H30N4O4. The second-order valence-corrected chi connectivity index (χ2v) is 9.77. The molecular weight excluding hydrogens is 480 g/mol. The van der Waals surface area contributed by atoms with Crippen LogP contribution in [-0.4, -0.2) is 61.1 Å². The number of nitrogens with zero attached hydrogens (tertiary/aromatic N) is 3. The van der Waals surface area contributed by atoms with Gasteiger partial charge in [0.25, 0.3) is 5.91 Å². The van der Waals surface area contributed by atoms with Crippen molar-refractivity contribution in [3.05, 3.63) is 78.7 Å². The van der Waals surface area contributed by atoms with Crippen LogP contribution in [0.5, 0.6) is 0 Å². The van der Waals surface area contributed by atoms with Gasteiger partial charge in [-0.05, 0) is 61.4 Å². The molecule has 2 aromatic heterocycles. The number of piperidine rings is 1. The molecule has 8 nitrogen and oxygen atoms in total. The number of carbonyl (C=O) groups is 2. The van der Waals surface area contributed by atoms with Gasteiger partial charge in [-0.3, -0.25) is 14.6 Å². The minimum absolute atomic E-state index is 0.0951. The monoisotopic (exact) mass is 510 g/mol. The number of rotatable bonds is 5. The molecule has 0 spiro atoms. The number of amides is 2. The van der Waals surface area contributed by atoms with Crippen LogP contribution in [0.15, 0.2) is 77.5 Å². The Morgan fingerprint density at radius 1 is 0.868 bits per heavy atom. The van der Waals surface area contributed by atoms with Gasteiger partial charge < -0.3 is 24.3 Å². The van der Waals surface area contributed by atoms with Crippen molar-refractivity contribution in [2.75, 3.05) is 49.6 Å². The van der Waals surface area contributed by atoms with E-state index in [-0.39, 0.29) is 17.7 Å². The van der Waals surface area contributed by atoms with E-state index in [1.165, 1.54) is 0 Å². The van der Waals surface area contributed by atoms with Gasteiger partial charge in [0.15, 0.2) is 0 Å². The van der Waals surface area contributed by atoms with E-state index in [2.05, 4.69) is 15.2 Å². The van der Waals surface area contributed by atoms with E-state index in [4.69, 9.17) is 9.15 Å². The lowest BCUT2D eigenvalue weighted by Crippen LogP contribution is -2.46. The number of morpholine rings is 1. The first kappa shape index (κ1) is 24.2. The fourth-order valence-corrected chi connectivity index (χ4v) is 5.29. The summed E-state index contributed by atoms with van der Waals surface area (Å²) < 4.78 is 10.8. The molecule has 2 fully saturated rings. The van der Waals surface area contributed by atoms with Gasteiger partial charge in [-0.15, -0.1) is 0 Å². The zero-order valence-electron chi connectivity index (χ0n) is 21.1. The van der Waals surface area contributed by atoms with Gasteiger partial charge in [0.1, 0.15) is 5.58 Å². The van der Waals surface area contributed by atoms with Crippen molar-refractivity contribution in [3.8, 4) is 11.3 Å². The van der Waals surface area contributed by atoms with E-state index >= 15 is 0 Å². The van der Waals surface area contributed by atoms with Crippen molar-refractivity contribution in [3.63, 3.8) is 0 Å². The first-order valence-corrected chi connectivity index (χ1v) is 13.1. The highest BCUT2D eigenvalue weighted by molar-refractivity contribution is 6.04. The van der Waals surface area contributed by atoms with Crippen molar-refractivity contribution < 1.29 is 18.7 Å². The summed E-state index contributed by atoms with van der Waals surface area (Å²) in [7, 11) is 0. The third kappa shape index (κ3) is 4.99. The zero-order chi connectivity index (χ0) is 25.9. The summed E-state index contributed by atoms with van der Waals surface area (Å²) >= 11 is 0. The molecule has 0 aliphatic carbocycles. The molecule has 8 heteroatoms. The third-order valence-corrected chi connectivity index (χ3v) is 7.46. The smallest absolute Gasteiger partial charge is 0.255 e. The van der Waals surface area contributed by atoms with Crippen LogP contribution in [0.2, 0.25) is 0 Å². The standard InChI is InChI=1S/C30H30N4O4/c35-29(22-3-1-21(2-4-22)28-26-12-18-38-27(26)9-13-31-28)32-24-5-7-25(8-6-24)33-14-10-23(11-15-33)30(36)34-16-19-37-20-17-34/h1-9,12-13,18,23H,10-11,14-17,19-20H2,(H,32,35). The van der Waals surface area contributed by atoms with E-state index in [0.29, 0.717) is 31.9 Å². The van der Waals surface area contributed by atoms with Crippen molar-refractivity contribution in [1.29, 1.82) is 0 Å². The molecule has 2 aliphatic heterocycles. The molecule has 194 valence electrons. The highest BCUT2D eigenvalue weighted by Gasteiger charge is 2.29. The van der Waals surface area contributed by atoms with Crippen molar-refractivity contribution >= 4 is 34.2 Å². The quantitative estimate of drug-likeness (QED) is 0.414. The average molecular weight is 511 g/mol. The molecule has 38 heavy (non-hydrogen) atoms. The maximum absolute atomic E-state index is 12.9. The lowest BCUT2D eigenvalue weighted by molar-refractivity contribution is -0.140. The summed E-state index contributed by atoms with van der Waals surface area (Å²) in [5.41, 5.74) is 4.95. The van der Waals surface area contributed by atoms with E-state index in [0.717, 1.165) is 59.5 Å². The van der Waals surface area contributed by atoms with Crippen LogP contribution in [0.1, 0.15) is 23.2 Å². The molecule has 2 aromatic carbocycles. The molecule has 2 aliphatic rings. The topological polar surface area (TPSA) is 87.9 Å². The van der Waals surface area contributed by atoms with Gasteiger partial charge in [-0.1, -0.05) is 12.1 Å². The average Bonchev–Trinajstić information content (AvgIpc) is 3.47. The van der Waals surface area contributed by atoms with Gasteiger partial charge >= 0.3 is 0 Å². The fraction of sp³-hybridized carbons (Fsp3) is 0.300. The molecule has 2 saturated heterocycles. The molecule has 0 atom stereocenters. The Balaban J connectivity index is 1.04. The number of nitrogens with one attached hydrogen (secondary N) is 1. The van der Waals surface area contributed by atoms with E-state index in [1.54, 1.807) is 12.5 Å². The molecule has 4 heterocycles. The first-order chi connectivity index (χ1) is 18.7. The second kappa shape index (κ2) is 10.7. The molecule has 0 unspecified atom stereocenters. The summed E-state index contributed by atoms with van der Waals surface area (Å²) in [6.07, 6.45) is 5.09. The van der Waals surface area contributed by atoms with Crippen molar-refractivity contribution in [2.45, 2.75) is 12.8 Å². The highest BCUT2D eigenvalue weighted by Crippen LogP contribution is 2.28. The Morgan fingerprint density at radius 3 is 2.34 bits per heavy atom. The largest absolute Gasteiger partial charge is 0.464 e. The van der Waals surface area contributed by atoms with Crippen LogP contribution in [0.25, 0.3) is 22.2 Å². The third-order valence-electron chi connectivity index (χ3n) is 7.46. The summed E-state index contributed by atoms with van der Waals surface area (Å²) in [5.74, 6) is 0.202. The van der Waals surface area contributed by atoms with Gasteiger partial charge in [-0.2, -0.15) is 0 Å². The molecule has 0 radical (unpaired) electrons. The van der Waals surface area contributed by atoms with Gasteiger partial charge in [0.2, 0.25) is 5.91 Å². The highest BCUT2D eigenvalue weighted by atomic mass is 16.5. The molecule has 6 rings (SSSR count). The fourth-order valence-electron chi connectivity index (χ4n) is 5.29. The Bertz CT molecular complexity index is 1420. The van der Waals surface area contributed by atoms with Crippen LogP contribution in [0.3, 0.4) is 0 Å². The van der Waals surface area contributed by atoms with Gasteiger partial charge in [-0.25, -0.2) is 0 Å². The number of anilines is 2. The number of ether oxygens (including phenoxy) is 1. The predicted molar refractivity (Wildman–Crippen MR) is 146 cm³/mol. The number of benzene rings is 2. The maximum Gasteiger partial charge on any atom is 0.255 e. The summed E-state index contributed by atoms with van der Waals surface area (Å²) in [5, 5.41) is 3.93. The second-order valence-electron chi connectivity index (χ2n) is 9.77. The Labute approximate surface area is 221 Å². The summed E-state index contributed by atoms with van der Waals surface area (Å²) in [4.78, 5) is 34.4. The number of pyridine rings is 1. The number of carbonyl (C=O) groups excluding carboxylic acids is 2. The molecule has 0 bridgehead atoms. The van der Waals surface area contributed by atoms with Crippen LogP contribution < -0.4 is 10.2 Å². The Hall–Kier alpha value is -4.17. The minimum Gasteiger partial charge on any atom is -0.464 e. The van der Waals surface area contributed by atoms with Crippen molar-refractivity contribution in [2.24, 2.45) is 5.92 Å². The first-order valence-electron chi connectivity index (χ1n) is 13.1. The van der Waals surface area contributed by atoms with E-state index in [1.807, 2.05) is 65.6 Å². The van der Waals surface area contributed by atoms with Gasteiger partial charge in [0, 0.05) is 66.2 Å². The number of furan rings is 1. The van der Waals surface area contributed by atoms with Crippen LogP contribution in [0.4, 0.5) is 11.4 Å². The Morgan fingerprint density at radius 2 is 1.61 bits per heavy atom. The normalized spacial score (nSPS) is 16.5. The van der Waals surface area contributed by atoms with Crippen LogP contribution >= 0.6 is 0 Å². The minimum atomic E-state index is -0.166. The summed E-state index contributed by atoms with van der Waals surface area (Å²) in [6.45, 7) is 4.38. The van der Waals surface area contributed by atoms with E-state index in [9.17, 15) is 9.59 Å². The molecule has 0 saturated carbocycles. The number of hydrogen-bond donors (Lipinski definition) is 1. The van der Waals surface area contributed by atoms with Crippen LogP contribution in [-0.2, 0) is 9.53 Å². The lowest BCUT2D eigenvalue weighted by Gasteiger charge is -2.36. The molecule has 4 aromatic rings. The molecule has 2 amide bonds. The Kier molecular flexibility index (Phi) is 6.79. The maximum atomic E-state index is 12.9. The SMILES string of the molecule is O=C(Nc1ccc(N2CCC(C(=O)N3CCOCC3)CC2)cc1)c1ccc(-c2nccc3occc23)cc1. The van der Waals surface area contributed by atoms with E-state index < -0.39 is 0 Å². The zero-order valence-corrected chi connectivity index (χ0v) is 21.1. The number of aromatic nitrogens is 1.